The van der Waals surface area contributed by atoms with Crippen molar-refractivity contribution in [2.24, 2.45) is 0 Å². The monoisotopic (exact) mass is 414 g/mol. The number of carbonyl (C=O) groups is 1. The van der Waals surface area contributed by atoms with Crippen molar-refractivity contribution in [2.45, 2.75) is 33.1 Å². The molecule has 6 nitrogen and oxygen atoms in total. The normalized spacial score (nSPS) is 19.3. The summed E-state index contributed by atoms with van der Waals surface area (Å²) in [7, 11) is 0. The van der Waals surface area contributed by atoms with Gasteiger partial charge in [0.05, 0.1) is 10.5 Å². The maximum absolute atomic E-state index is 13.4. The lowest BCUT2D eigenvalue weighted by molar-refractivity contribution is -0.121. The van der Waals surface area contributed by atoms with Crippen LogP contribution >= 0.6 is 24.0 Å². The number of amides is 1. The van der Waals surface area contributed by atoms with Gasteiger partial charge in [-0.2, -0.15) is 0 Å². The number of fused-ring (bicyclic) bond motifs is 1. The van der Waals surface area contributed by atoms with E-state index in [-0.39, 0.29) is 11.5 Å². The number of thioether (sulfide) groups is 1. The van der Waals surface area contributed by atoms with Crippen molar-refractivity contribution >= 4 is 51.7 Å². The number of anilines is 1. The quantitative estimate of drug-likeness (QED) is 0.568. The summed E-state index contributed by atoms with van der Waals surface area (Å²) >= 11 is 6.56. The van der Waals surface area contributed by atoms with Crippen molar-refractivity contribution in [3.63, 3.8) is 0 Å². The molecule has 0 aromatic carbocycles. The molecule has 2 aliphatic heterocycles. The number of hydrogen-bond donors (Lipinski definition) is 0. The molecule has 2 aromatic heterocycles. The van der Waals surface area contributed by atoms with Gasteiger partial charge in [-0.3, -0.25) is 18.9 Å². The van der Waals surface area contributed by atoms with Crippen LogP contribution in [0, 0.1) is 6.92 Å². The van der Waals surface area contributed by atoms with E-state index in [4.69, 9.17) is 17.2 Å². The molecule has 0 atom stereocenters. The maximum atomic E-state index is 13.4. The van der Waals surface area contributed by atoms with Crippen LogP contribution in [0.5, 0.6) is 0 Å². The molecule has 8 heteroatoms. The van der Waals surface area contributed by atoms with Gasteiger partial charge in [0.2, 0.25) is 0 Å². The lowest BCUT2D eigenvalue weighted by Crippen LogP contribution is -2.33. The number of aryl methyl sites for hydroxylation is 1. The zero-order valence-electron chi connectivity index (χ0n) is 16.0. The number of hydrogen-bond acceptors (Lipinski definition) is 6. The molecule has 28 heavy (non-hydrogen) atoms. The average Bonchev–Trinajstić information content (AvgIpc) is 2.97. The second-order valence-corrected chi connectivity index (χ2v) is 8.69. The van der Waals surface area contributed by atoms with Crippen molar-refractivity contribution < 1.29 is 4.79 Å². The molecule has 2 aromatic rings. The lowest BCUT2D eigenvalue weighted by atomic mass is 10.1. The topological polar surface area (TPSA) is 57.9 Å². The highest BCUT2D eigenvalue weighted by Gasteiger charge is 2.32. The number of rotatable bonds is 3. The smallest absolute Gasteiger partial charge is 0.267 e. The van der Waals surface area contributed by atoms with Gasteiger partial charge in [0.15, 0.2) is 0 Å². The fourth-order valence-corrected chi connectivity index (χ4v) is 5.04. The van der Waals surface area contributed by atoms with Gasteiger partial charge in [0.1, 0.15) is 15.8 Å². The summed E-state index contributed by atoms with van der Waals surface area (Å²) in [6, 6.07) is 3.79. The van der Waals surface area contributed by atoms with E-state index in [0.717, 1.165) is 31.5 Å². The van der Waals surface area contributed by atoms with Crippen molar-refractivity contribution in [3.05, 3.63) is 44.7 Å². The zero-order chi connectivity index (χ0) is 19.8. The highest BCUT2D eigenvalue weighted by molar-refractivity contribution is 8.26. The van der Waals surface area contributed by atoms with Crippen LogP contribution in [0.25, 0.3) is 11.7 Å². The zero-order valence-corrected chi connectivity index (χ0v) is 17.6. The number of carbonyl (C=O) groups excluding carboxylic acids is 1. The Morgan fingerprint density at radius 1 is 1.25 bits per heavy atom. The summed E-state index contributed by atoms with van der Waals surface area (Å²) in [5.74, 6) is 0.525. The van der Waals surface area contributed by atoms with E-state index >= 15 is 0 Å². The molecule has 0 radical (unpaired) electrons. The second-order valence-electron chi connectivity index (χ2n) is 7.01. The second kappa shape index (κ2) is 7.67. The molecule has 0 aliphatic carbocycles. The molecule has 4 heterocycles. The summed E-state index contributed by atoms with van der Waals surface area (Å²) < 4.78 is 2.10. The Morgan fingerprint density at radius 3 is 2.68 bits per heavy atom. The molecular formula is C20H22N4O2S2. The fourth-order valence-electron chi connectivity index (χ4n) is 3.68. The van der Waals surface area contributed by atoms with E-state index in [2.05, 4.69) is 4.90 Å². The van der Waals surface area contributed by atoms with Crippen LogP contribution in [0.4, 0.5) is 5.82 Å². The summed E-state index contributed by atoms with van der Waals surface area (Å²) in [5, 5.41) is 0. The number of piperidine rings is 1. The van der Waals surface area contributed by atoms with Gasteiger partial charge in [-0.1, -0.05) is 30.0 Å². The third-order valence-corrected chi connectivity index (χ3v) is 6.56. The van der Waals surface area contributed by atoms with Crippen LogP contribution < -0.4 is 10.5 Å². The van der Waals surface area contributed by atoms with E-state index in [0.29, 0.717) is 32.8 Å². The van der Waals surface area contributed by atoms with E-state index in [1.807, 2.05) is 26.0 Å². The molecule has 2 saturated heterocycles. The maximum Gasteiger partial charge on any atom is 0.267 e. The molecule has 2 fully saturated rings. The Labute approximate surface area is 173 Å². The first-order valence-corrected chi connectivity index (χ1v) is 10.8. The van der Waals surface area contributed by atoms with E-state index in [9.17, 15) is 9.59 Å². The minimum Gasteiger partial charge on any atom is -0.356 e. The van der Waals surface area contributed by atoms with E-state index < -0.39 is 0 Å². The first-order valence-electron chi connectivity index (χ1n) is 9.53. The van der Waals surface area contributed by atoms with Crippen molar-refractivity contribution in [3.8, 4) is 0 Å². The molecule has 0 bridgehead atoms. The number of likely N-dealkylation sites (N-methyl/N-ethyl adjacent to an activating group) is 1. The Balaban J connectivity index is 1.92. The third kappa shape index (κ3) is 3.24. The van der Waals surface area contributed by atoms with Crippen LogP contribution in [0.2, 0.25) is 0 Å². The van der Waals surface area contributed by atoms with Gasteiger partial charge in [-0.05, 0) is 50.8 Å². The fraction of sp³-hybridized carbons (Fsp3) is 0.400. The van der Waals surface area contributed by atoms with Gasteiger partial charge in [0, 0.05) is 25.8 Å². The van der Waals surface area contributed by atoms with Crippen molar-refractivity contribution in [1.29, 1.82) is 0 Å². The number of aromatic nitrogens is 2. The molecule has 0 unspecified atom stereocenters. The summed E-state index contributed by atoms with van der Waals surface area (Å²) in [6.07, 6.45) is 6.75. The van der Waals surface area contributed by atoms with Gasteiger partial charge >= 0.3 is 0 Å². The summed E-state index contributed by atoms with van der Waals surface area (Å²) in [4.78, 5) is 35.1. The number of pyridine rings is 1. The third-order valence-electron chi connectivity index (χ3n) is 5.19. The molecule has 146 valence electrons. The first kappa shape index (κ1) is 19.1. The highest BCUT2D eigenvalue weighted by Crippen LogP contribution is 2.33. The Bertz CT molecular complexity index is 1050. The Morgan fingerprint density at radius 2 is 2.00 bits per heavy atom. The Hall–Kier alpha value is -2.19. The highest BCUT2D eigenvalue weighted by atomic mass is 32.2. The number of thiocarbonyl (C=S) groups is 1. The summed E-state index contributed by atoms with van der Waals surface area (Å²) in [6.45, 7) is 6.10. The van der Waals surface area contributed by atoms with Gasteiger partial charge in [0.25, 0.3) is 11.5 Å². The van der Waals surface area contributed by atoms with Gasteiger partial charge in [-0.25, -0.2) is 4.98 Å². The summed E-state index contributed by atoms with van der Waals surface area (Å²) in [5.41, 5.74) is 1.91. The molecule has 0 N–H and O–H groups in total. The Kier molecular flexibility index (Phi) is 5.25. The molecule has 0 saturated carbocycles. The van der Waals surface area contributed by atoms with Crippen LogP contribution in [-0.4, -0.2) is 44.1 Å². The minimum absolute atomic E-state index is 0.143. The lowest BCUT2D eigenvalue weighted by Gasteiger charge is -2.29. The minimum atomic E-state index is -0.156. The SMILES string of the molecule is CCN1C(=O)/C(=C\c2c(N3CCCCC3)nc3c(C)cccn3c2=O)SC1=S. The molecule has 1 amide bonds. The van der Waals surface area contributed by atoms with Gasteiger partial charge < -0.3 is 4.90 Å². The predicted octanol–water partition coefficient (Wildman–Crippen LogP) is 3.21. The van der Waals surface area contributed by atoms with Crippen LogP contribution in [0.3, 0.4) is 0 Å². The predicted molar refractivity (Wildman–Crippen MR) is 118 cm³/mol. The van der Waals surface area contributed by atoms with Crippen molar-refractivity contribution in [2.75, 3.05) is 24.5 Å². The molecule has 0 spiro atoms. The van der Waals surface area contributed by atoms with E-state index in [1.165, 1.54) is 18.2 Å². The van der Waals surface area contributed by atoms with Crippen LogP contribution in [0.15, 0.2) is 28.0 Å². The number of nitrogens with zero attached hydrogens (tertiary/aromatic N) is 4. The van der Waals surface area contributed by atoms with Crippen molar-refractivity contribution in [1.82, 2.24) is 14.3 Å². The first-order chi connectivity index (χ1) is 13.5. The average molecular weight is 415 g/mol. The molecule has 2 aliphatic rings. The van der Waals surface area contributed by atoms with Crippen LogP contribution in [-0.2, 0) is 4.79 Å². The van der Waals surface area contributed by atoms with Crippen LogP contribution in [0.1, 0.15) is 37.3 Å². The molecule has 4 rings (SSSR count). The van der Waals surface area contributed by atoms with Gasteiger partial charge in [-0.15, -0.1) is 0 Å². The standard InChI is InChI=1S/C20H22N4O2S2/c1-3-23-19(26)15(28-20(23)27)12-14-17(22-9-5-4-6-10-22)21-16-13(2)8-7-11-24(16)18(14)25/h7-8,11-12H,3-6,9-10H2,1-2H3/b15-12+. The van der Waals surface area contributed by atoms with E-state index in [1.54, 1.807) is 21.6 Å². The largest absolute Gasteiger partial charge is 0.356 e. The molecular weight excluding hydrogens is 392 g/mol.